The van der Waals surface area contributed by atoms with Crippen molar-refractivity contribution in [3.05, 3.63) is 64.9 Å². The van der Waals surface area contributed by atoms with Crippen molar-refractivity contribution in [3.8, 4) is 10.8 Å². The fourth-order valence-corrected chi connectivity index (χ4v) is 3.72. The Labute approximate surface area is 132 Å². The Morgan fingerprint density at radius 1 is 1.27 bits per heavy atom. The molecule has 22 heavy (non-hydrogen) atoms. The molecule has 0 unspecified atom stereocenters. The number of rotatable bonds is 4. The van der Waals surface area contributed by atoms with Gasteiger partial charge in [0.05, 0.1) is 24.1 Å². The van der Waals surface area contributed by atoms with Crippen LogP contribution in [0.2, 0.25) is 0 Å². The summed E-state index contributed by atoms with van der Waals surface area (Å²) in [4.78, 5) is 4.58. The number of aliphatic hydroxyl groups excluding tert-OH is 1. The lowest BCUT2D eigenvalue weighted by Crippen LogP contribution is -2.28. The first-order valence-electron chi connectivity index (χ1n) is 7.29. The van der Waals surface area contributed by atoms with Gasteiger partial charge >= 0.3 is 0 Å². The summed E-state index contributed by atoms with van der Waals surface area (Å²) in [6.07, 6.45) is 1.99. The number of fused-ring (bicyclic) bond motifs is 1. The highest BCUT2D eigenvalue weighted by molar-refractivity contribution is 7.13. The number of aliphatic hydroxyl groups is 1. The molecule has 2 aromatic heterocycles. The van der Waals surface area contributed by atoms with E-state index in [0.29, 0.717) is 13.0 Å². The second-order valence-corrected chi connectivity index (χ2v) is 6.31. The van der Waals surface area contributed by atoms with Gasteiger partial charge in [-0.2, -0.15) is 0 Å². The molecule has 1 aliphatic rings. The Morgan fingerprint density at radius 2 is 2.18 bits per heavy atom. The third kappa shape index (κ3) is 2.47. The summed E-state index contributed by atoms with van der Waals surface area (Å²) in [5, 5.41) is 16.6. The average molecular weight is 312 g/mol. The van der Waals surface area contributed by atoms with Gasteiger partial charge in [0.1, 0.15) is 0 Å². The number of thiazole rings is 1. The summed E-state index contributed by atoms with van der Waals surface area (Å²) >= 11 is 1.57. The van der Waals surface area contributed by atoms with Gasteiger partial charge in [0.25, 0.3) is 0 Å². The van der Waals surface area contributed by atoms with Gasteiger partial charge in [0.15, 0.2) is 10.8 Å². The van der Waals surface area contributed by atoms with E-state index in [2.05, 4.69) is 22.4 Å². The van der Waals surface area contributed by atoms with Gasteiger partial charge in [-0.15, -0.1) is 11.3 Å². The minimum atomic E-state index is -0.374. The molecular formula is C17H16N2O2S. The zero-order valence-electron chi connectivity index (χ0n) is 11.9. The maximum Gasteiger partial charge on any atom is 0.162 e. The van der Waals surface area contributed by atoms with Crippen molar-refractivity contribution in [1.29, 1.82) is 0 Å². The summed E-state index contributed by atoms with van der Waals surface area (Å²) < 4.78 is 5.36. The van der Waals surface area contributed by atoms with Gasteiger partial charge in [-0.1, -0.05) is 24.3 Å². The van der Waals surface area contributed by atoms with Crippen LogP contribution in [-0.2, 0) is 13.0 Å². The van der Waals surface area contributed by atoms with E-state index in [1.807, 2.05) is 29.6 Å². The van der Waals surface area contributed by atoms with E-state index in [1.54, 1.807) is 17.6 Å². The van der Waals surface area contributed by atoms with E-state index in [4.69, 9.17) is 4.42 Å². The van der Waals surface area contributed by atoms with E-state index in [1.165, 1.54) is 11.1 Å². The molecule has 0 radical (unpaired) electrons. The molecule has 4 rings (SSSR count). The molecule has 1 aromatic carbocycles. The number of nitrogens with zero attached hydrogens (tertiary/aromatic N) is 1. The molecule has 2 atom stereocenters. The van der Waals surface area contributed by atoms with Gasteiger partial charge in [0.2, 0.25) is 0 Å². The van der Waals surface area contributed by atoms with Crippen molar-refractivity contribution >= 4 is 11.3 Å². The van der Waals surface area contributed by atoms with Crippen molar-refractivity contribution in [2.75, 3.05) is 0 Å². The van der Waals surface area contributed by atoms with Crippen LogP contribution in [0.25, 0.3) is 10.8 Å². The van der Waals surface area contributed by atoms with E-state index in [-0.39, 0.29) is 12.1 Å². The lowest BCUT2D eigenvalue weighted by atomic mass is 10.1. The maximum absolute atomic E-state index is 10.2. The number of furan rings is 1. The summed E-state index contributed by atoms with van der Waals surface area (Å²) in [5.41, 5.74) is 3.38. The third-order valence-corrected chi connectivity index (χ3v) is 4.90. The molecule has 0 saturated carbocycles. The molecule has 0 aliphatic heterocycles. The molecule has 0 fully saturated rings. The predicted octanol–water partition coefficient (Wildman–Crippen LogP) is 3.15. The van der Waals surface area contributed by atoms with Gasteiger partial charge in [-0.3, -0.25) is 0 Å². The number of hydrogen-bond acceptors (Lipinski definition) is 5. The molecule has 2 heterocycles. The second kappa shape index (κ2) is 5.68. The largest absolute Gasteiger partial charge is 0.462 e. The van der Waals surface area contributed by atoms with Gasteiger partial charge in [-0.05, 0) is 23.3 Å². The first kappa shape index (κ1) is 13.7. The van der Waals surface area contributed by atoms with E-state index >= 15 is 0 Å². The first-order chi connectivity index (χ1) is 10.8. The molecule has 4 nitrogen and oxygen atoms in total. The van der Waals surface area contributed by atoms with Gasteiger partial charge in [-0.25, -0.2) is 4.98 Å². The topological polar surface area (TPSA) is 58.3 Å². The number of hydrogen-bond donors (Lipinski definition) is 2. The van der Waals surface area contributed by atoms with E-state index in [0.717, 1.165) is 16.5 Å². The third-order valence-electron chi connectivity index (χ3n) is 3.99. The summed E-state index contributed by atoms with van der Waals surface area (Å²) in [6, 6.07) is 11.9. The van der Waals surface area contributed by atoms with E-state index in [9.17, 15) is 5.11 Å². The van der Waals surface area contributed by atoms with Crippen LogP contribution in [0.4, 0.5) is 0 Å². The number of aromatic nitrogens is 1. The highest BCUT2D eigenvalue weighted by Crippen LogP contribution is 2.31. The molecule has 0 spiro atoms. The Bertz CT molecular complexity index is 767. The zero-order chi connectivity index (χ0) is 14.9. The van der Waals surface area contributed by atoms with Crippen molar-refractivity contribution < 1.29 is 9.52 Å². The molecule has 1 aliphatic carbocycles. The van der Waals surface area contributed by atoms with Crippen LogP contribution < -0.4 is 5.32 Å². The number of benzene rings is 1. The minimum Gasteiger partial charge on any atom is -0.462 e. The summed E-state index contributed by atoms with van der Waals surface area (Å²) in [6.45, 7) is 0.632. The van der Waals surface area contributed by atoms with Crippen molar-refractivity contribution in [2.24, 2.45) is 0 Å². The standard InChI is InChI=1S/C17H16N2O2S/c20-14-8-11-4-1-2-5-13(11)16(14)18-9-12-10-22-17(19-12)15-6-3-7-21-15/h1-7,10,14,16,18,20H,8-9H2/t14-,16+/m0/s1. The smallest absolute Gasteiger partial charge is 0.162 e. The monoisotopic (exact) mass is 312 g/mol. The molecule has 5 heteroatoms. The minimum absolute atomic E-state index is 0.0232. The Kier molecular flexibility index (Phi) is 3.54. The highest BCUT2D eigenvalue weighted by Gasteiger charge is 2.30. The summed E-state index contributed by atoms with van der Waals surface area (Å²) in [7, 11) is 0. The van der Waals surface area contributed by atoms with Crippen molar-refractivity contribution in [3.63, 3.8) is 0 Å². The van der Waals surface area contributed by atoms with Crippen LogP contribution in [0.3, 0.4) is 0 Å². The van der Waals surface area contributed by atoms with Crippen LogP contribution in [0, 0.1) is 0 Å². The predicted molar refractivity (Wildman–Crippen MR) is 85.5 cm³/mol. The molecule has 112 valence electrons. The van der Waals surface area contributed by atoms with Gasteiger partial charge in [0, 0.05) is 18.3 Å². The maximum atomic E-state index is 10.2. The molecular weight excluding hydrogens is 296 g/mol. The quantitative estimate of drug-likeness (QED) is 0.777. The van der Waals surface area contributed by atoms with Crippen LogP contribution in [0.5, 0.6) is 0 Å². The molecule has 0 amide bonds. The van der Waals surface area contributed by atoms with Crippen LogP contribution in [0.1, 0.15) is 22.9 Å². The van der Waals surface area contributed by atoms with Gasteiger partial charge < -0.3 is 14.8 Å². The van der Waals surface area contributed by atoms with Crippen LogP contribution in [-0.4, -0.2) is 16.2 Å². The fraction of sp³-hybridized carbons (Fsp3) is 0.235. The Morgan fingerprint density at radius 3 is 3.05 bits per heavy atom. The average Bonchev–Trinajstić information content (AvgIpc) is 3.24. The molecule has 2 N–H and O–H groups in total. The van der Waals surface area contributed by atoms with Crippen LogP contribution in [0.15, 0.2) is 52.5 Å². The Balaban J connectivity index is 1.47. The molecule has 0 bridgehead atoms. The zero-order valence-corrected chi connectivity index (χ0v) is 12.7. The van der Waals surface area contributed by atoms with Crippen molar-refractivity contribution in [2.45, 2.75) is 25.1 Å². The number of nitrogens with one attached hydrogen (secondary N) is 1. The highest BCUT2D eigenvalue weighted by atomic mass is 32.1. The lowest BCUT2D eigenvalue weighted by molar-refractivity contribution is 0.140. The lowest BCUT2D eigenvalue weighted by Gasteiger charge is -2.17. The SMILES string of the molecule is O[C@H]1Cc2ccccc2[C@H]1NCc1csc(-c2ccco2)n1. The van der Waals surface area contributed by atoms with E-state index < -0.39 is 0 Å². The Hall–Kier alpha value is -1.95. The second-order valence-electron chi connectivity index (χ2n) is 5.45. The van der Waals surface area contributed by atoms with Crippen LogP contribution >= 0.6 is 11.3 Å². The fourth-order valence-electron chi connectivity index (χ4n) is 2.94. The summed E-state index contributed by atoms with van der Waals surface area (Å²) in [5.74, 6) is 0.794. The molecule has 0 saturated heterocycles. The van der Waals surface area contributed by atoms with Crippen molar-refractivity contribution in [1.82, 2.24) is 10.3 Å². The first-order valence-corrected chi connectivity index (χ1v) is 8.17. The normalized spacial score (nSPS) is 20.2. The molecule has 3 aromatic rings.